The van der Waals surface area contributed by atoms with E-state index < -0.39 is 23.5 Å². The van der Waals surface area contributed by atoms with Gasteiger partial charge in [-0.15, -0.1) is 11.3 Å². The number of aryl methyl sites for hydroxylation is 1. The summed E-state index contributed by atoms with van der Waals surface area (Å²) in [6.07, 6.45) is -1.16. The molecule has 5 nitrogen and oxygen atoms in total. The van der Waals surface area contributed by atoms with Crippen molar-refractivity contribution in [2.75, 3.05) is 0 Å². The van der Waals surface area contributed by atoms with Crippen LogP contribution in [0.1, 0.15) is 24.4 Å². The fourth-order valence-electron chi connectivity index (χ4n) is 3.41. The number of aromatic nitrogens is 5. The van der Waals surface area contributed by atoms with Crippen molar-refractivity contribution in [2.24, 2.45) is 7.05 Å². The Morgan fingerprint density at radius 3 is 2.48 bits per heavy atom. The van der Waals surface area contributed by atoms with Gasteiger partial charge in [-0.2, -0.15) is 18.3 Å². The quantitative estimate of drug-likeness (QED) is 0.283. The minimum atomic E-state index is -4.53. The molecule has 0 saturated carbocycles. The first-order valence-corrected chi connectivity index (χ1v) is 10.8. The van der Waals surface area contributed by atoms with Crippen molar-refractivity contribution >= 4 is 21.6 Å². The molecule has 0 fully saturated rings. The van der Waals surface area contributed by atoms with Crippen LogP contribution in [0.4, 0.5) is 22.0 Å². The van der Waals surface area contributed by atoms with E-state index in [1.165, 1.54) is 41.3 Å². The minimum absolute atomic E-state index is 0.0422. The Labute approximate surface area is 189 Å². The Balaban J connectivity index is 0.00000126. The molecule has 0 unspecified atom stereocenters. The van der Waals surface area contributed by atoms with Gasteiger partial charge < -0.3 is 4.57 Å². The van der Waals surface area contributed by atoms with Gasteiger partial charge in [-0.05, 0) is 24.3 Å². The zero-order valence-electron chi connectivity index (χ0n) is 17.8. The highest BCUT2D eigenvalue weighted by Gasteiger charge is 2.37. The summed E-state index contributed by atoms with van der Waals surface area (Å²) in [5.41, 5.74) is 0.00535. The summed E-state index contributed by atoms with van der Waals surface area (Å²) in [5, 5.41) is 3.64. The number of hydrogen-bond donors (Lipinski definition) is 0. The Hall–Kier alpha value is -3.34. The Bertz CT molecular complexity index is 1400. The predicted molar refractivity (Wildman–Crippen MR) is 116 cm³/mol. The SMILES string of the molecule is CC.Cn1nc(C(F)(F)F)c2cc(Cn3ccc4nc(-c5cccc(F)c5F)nc-4c3)sc21. The lowest BCUT2D eigenvalue weighted by molar-refractivity contribution is -0.140. The molecule has 0 spiro atoms. The molecule has 0 N–H and O–H groups in total. The molecule has 3 aromatic rings. The normalized spacial score (nSPS) is 11.8. The van der Waals surface area contributed by atoms with Crippen molar-refractivity contribution in [3.05, 3.63) is 64.9 Å². The van der Waals surface area contributed by atoms with E-state index in [2.05, 4.69) is 15.1 Å². The maximum Gasteiger partial charge on any atom is 0.435 e. The van der Waals surface area contributed by atoms with Crippen LogP contribution in [0.15, 0.2) is 42.7 Å². The van der Waals surface area contributed by atoms with E-state index in [0.717, 1.165) is 6.07 Å². The van der Waals surface area contributed by atoms with Crippen molar-refractivity contribution in [1.82, 2.24) is 24.3 Å². The number of halogens is 5. The van der Waals surface area contributed by atoms with Gasteiger partial charge in [-0.25, -0.2) is 18.7 Å². The van der Waals surface area contributed by atoms with Gasteiger partial charge >= 0.3 is 6.18 Å². The van der Waals surface area contributed by atoms with Crippen LogP contribution in [0.3, 0.4) is 0 Å². The molecule has 5 rings (SSSR count). The zero-order valence-corrected chi connectivity index (χ0v) is 18.6. The average molecular weight is 479 g/mol. The second kappa shape index (κ2) is 8.54. The van der Waals surface area contributed by atoms with Gasteiger partial charge in [0.1, 0.15) is 10.5 Å². The fraction of sp³-hybridized carbons (Fsp3) is 0.227. The zero-order chi connectivity index (χ0) is 23.9. The lowest BCUT2D eigenvalue weighted by atomic mass is 10.2. The number of pyridine rings is 1. The van der Waals surface area contributed by atoms with Crippen LogP contribution in [0.5, 0.6) is 0 Å². The van der Waals surface area contributed by atoms with Gasteiger partial charge in [0.25, 0.3) is 0 Å². The van der Waals surface area contributed by atoms with Gasteiger partial charge in [0.15, 0.2) is 23.2 Å². The van der Waals surface area contributed by atoms with Gasteiger partial charge in [0.2, 0.25) is 0 Å². The molecule has 0 radical (unpaired) electrons. The largest absolute Gasteiger partial charge is 0.435 e. The van der Waals surface area contributed by atoms with Gasteiger partial charge in [-0.1, -0.05) is 19.9 Å². The summed E-state index contributed by atoms with van der Waals surface area (Å²) in [6.45, 7) is 4.31. The summed E-state index contributed by atoms with van der Waals surface area (Å²) in [6, 6.07) is 6.93. The molecule has 33 heavy (non-hydrogen) atoms. The number of alkyl halides is 3. The first-order chi connectivity index (χ1) is 15.7. The number of hydrogen-bond acceptors (Lipinski definition) is 4. The number of fused-ring (bicyclic) bond motifs is 2. The summed E-state index contributed by atoms with van der Waals surface area (Å²) < 4.78 is 70.1. The van der Waals surface area contributed by atoms with Crippen molar-refractivity contribution in [1.29, 1.82) is 0 Å². The molecule has 0 saturated heterocycles. The molecule has 0 aliphatic carbocycles. The van der Waals surface area contributed by atoms with Crippen molar-refractivity contribution in [3.63, 3.8) is 0 Å². The summed E-state index contributed by atoms with van der Waals surface area (Å²) in [4.78, 5) is 9.66. The van der Waals surface area contributed by atoms with E-state index in [4.69, 9.17) is 0 Å². The van der Waals surface area contributed by atoms with E-state index in [0.29, 0.717) is 27.6 Å². The molecule has 0 amide bonds. The van der Waals surface area contributed by atoms with Crippen LogP contribution < -0.4 is 0 Å². The standard InChI is InChI=1S/C20H12F5N5S.C2H6/c1-29-19-12(17(28-29)20(23,24)25)7-10(31-19)8-30-6-5-14-15(9-30)27-18(26-14)11-3-2-4-13(21)16(11)22;1-2/h2-7,9H,8H2,1H3;1-2H3. The fourth-order valence-corrected chi connectivity index (χ4v) is 4.48. The summed E-state index contributed by atoms with van der Waals surface area (Å²) in [7, 11) is 1.48. The minimum Gasteiger partial charge on any atom is -0.347 e. The topological polar surface area (TPSA) is 48.5 Å². The second-order valence-corrected chi connectivity index (χ2v) is 8.05. The first kappa shape index (κ1) is 22.8. The molecular weight excluding hydrogens is 461 g/mol. The maximum absolute atomic E-state index is 14.1. The van der Waals surface area contributed by atoms with Crippen LogP contribution in [0.2, 0.25) is 0 Å². The van der Waals surface area contributed by atoms with Gasteiger partial charge in [0.05, 0.1) is 17.8 Å². The third-order valence-corrected chi connectivity index (χ3v) is 5.98. The molecule has 4 heterocycles. The Morgan fingerprint density at radius 1 is 1.03 bits per heavy atom. The molecule has 1 aromatic carbocycles. The van der Waals surface area contributed by atoms with Crippen LogP contribution in [0, 0.1) is 11.6 Å². The van der Waals surface area contributed by atoms with Crippen molar-refractivity contribution in [3.8, 4) is 22.8 Å². The lowest BCUT2D eigenvalue weighted by Crippen LogP contribution is -2.07. The highest BCUT2D eigenvalue weighted by atomic mass is 32.1. The third kappa shape index (κ3) is 4.20. The van der Waals surface area contributed by atoms with Crippen molar-refractivity contribution in [2.45, 2.75) is 26.6 Å². The Morgan fingerprint density at radius 2 is 1.76 bits per heavy atom. The Kier molecular flexibility index (Phi) is 5.91. The molecule has 2 aliphatic rings. The van der Waals surface area contributed by atoms with Crippen LogP contribution in [0.25, 0.3) is 33.0 Å². The first-order valence-electron chi connectivity index (χ1n) is 10.0. The van der Waals surface area contributed by atoms with E-state index >= 15 is 0 Å². The molecule has 11 heteroatoms. The molecule has 0 atom stereocenters. The third-order valence-electron chi connectivity index (χ3n) is 4.79. The van der Waals surface area contributed by atoms with Crippen LogP contribution in [-0.2, 0) is 19.8 Å². The smallest absolute Gasteiger partial charge is 0.347 e. The number of thiophene rings is 1. The van der Waals surface area contributed by atoms with E-state index in [-0.39, 0.29) is 16.8 Å². The number of rotatable bonds is 3. The maximum atomic E-state index is 14.1. The molecule has 2 aromatic heterocycles. The highest BCUT2D eigenvalue weighted by molar-refractivity contribution is 7.18. The monoisotopic (exact) mass is 479 g/mol. The van der Waals surface area contributed by atoms with E-state index in [1.54, 1.807) is 23.0 Å². The predicted octanol–water partition coefficient (Wildman–Crippen LogP) is 6.37. The average Bonchev–Trinajstić information content (AvgIpc) is 3.45. The number of imidazole rings is 1. The lowest BCUT2D eigenvalue weighted by Gasteiger charge is -2.06. The summed E-state index contributed by atoms with van der Waals surface area (Å²) >= 11 is 1.22. The molecule has 2 aliphatic heterocycles. The summed E-state index contributed by atoms with van der Waals surface area (Å²) in [5.74, 6) is -1.95. The van der Waals surface area contributed by atoms with Gasteiger partial charge in [0, 0.05) is 29.7 Å². The van der Waals surface area contributed by atoms with E-state index in [9.17, 15) is 22.0 Å². The van der Waals surface area contributed by atoms with Crippen molar-refractivity contribution < 1.29 is 22.0 Å². The molecular formula is C22H18F5N5S. The van der Waals surface area contributed by atoms with E-state index in [1.807, 2.05) is 13.8 Å². The second-order valence-electron chi connectivity index (χ2n) is 6.94. The van der Waals surface area contributed by atoms with Crippen LogP contribution >= 0.6 is 11.3 Å². The molecule has 172 valence electrons. The number of nitrogens with zero attached hydrogens (tertiary/aromatic N) is 5. The molecule has 0 bridgehead atoms. The highest BCUT2D eigenvalue weighted by Crippen LogP contribution is 2.37. The van der Waals surface area contributed by atoms with Gasteiger partial charge in [-0.3, -0.25) is 4.68 Å². The van der Waals surface area contributed by atoms with Crippen LogP contribution in [-0.4, -0.2) is 24.3 Å². The number of benzene rings is 1.